The average molecular weight is 321 g/mol. The smallest absolute Gasteiger partial charge is 0.317 e. The summed E-state index contributed by atoms with van der Waals surface area (Å²) in [5, 5.41) is 21.6. The van der Waals surface area contributed by atoms with Gasteiger partial charge in [0.25, 0.3) is 0 Å². The molecule has 23 heavy (non-hydrogen) atoms. The maximum Gasteiger partial charge on any atom is 0.317 e. The summed E-state index contributed by atoms with van der Waals surface area (Å²) < 4.78 is 2.13. The lowest BCUT2D eigenvalue weighted by Gasteiger charge is -2.27. The van der Waals surface area contributed by atoms with Gasteiger partial charge in [-0.15, -0.1) is 10.2 Å². The Labute approximate surface area is 137 Å². The topological polar surface area (TPSA) is 83.3 Å². The van der Waals surface area contributed by atoms with Crippen LogP contribution >= 0.6 is 0 Å². The van der Waals surface area contributed by atoms with E-state index in [1.807, 2.05) is 0 Å². The third-order valence-corrected chi connectivity index (χ3v) is 4.84. The van der Waals surface area contributed by atoms with Crippen LogP contribution in [0.3, 0.4) is 0 Å². The minimum Gasteiger partial charge on any atom is -0.391 e. The van der Waals surface area contributed by atoms with E-state index in [1.54, 1.807) is 11.9 Å². The predicted molar refractivity (Wildman–Crippen MR) is 85.8 cm³/mol. The van der Waals surface area contributed by atoms with Crippen LogP contribution < -0.4 is 5.32 Å². The zero-order valence-electron chi connectivity index (χ0n) is 14.2. The molecule has 0 aromatic carbocycles. The van der Waals surface area contributed by atoms with Gasteiger partial charge in [-0.1, -0.05) is 13.8 Å². The maximum atomic E-state index is 12.5. The van der Waals surface area contributed by atoms with Gasteiger partial charge in [0.15, 0.2) is 5.82 Å². The number of aromatic nitrogens is 3. The summed E-state index contributed by atoms with van der Waals surface area (Å²) in [5.74, 6) is 2.44. The molecule has 1 aromatic heterocycles. The Bertz CT molecular complexity index is 567. The Kier molecular flexibility index (Phi) is 4.57. The van der Waals surface area contributed by atoms with Gasteiger partial charge in [0.1, 0.15) is 5.82 Å². The predicted octanol–water partition coefficient (Wildman–Crippen LogP) is 1.33. The highest BCUT2D eigenvalue weighted by atomic mass is 16.3. The summed E-state index contributed by atoms with van der Waals surface area (Å²) >= 11 is 0. The Morgan fingerprint density at radius 2 is 2.17 bits per heavy atom. The third kappa shape index (κ3) is 3.49. The minimum atomic E-state index is -0.416. The number of hydrogen-bond acceptors (Lipinski definition) is 4. The second-order valence-corrected chi connectivity index (χ2v) is 7.19. The van der Waals surface area contributed by atoms with Crippen molar-refractivity contribution >= 4 is 6.03 Å². The number of carbonyl (C=O) groups excluding carboxylic acids is 1. The summed E-state index contributed by atoms with van der Waals surface area (Å²) in [6, 6.07) is -0.332. The Morgan fingerprint density at radius 3 is 2.83 bits per heavy atom. The van der Waals surface area contributed by atoms with Crippen LogP contribution in [0.25, 0.3) is 0 Å². The van der Waals surface area contributed by atoms with Crippen molar-refractivity contribution in [2.24, 2.45) is 11.8 Å². The fraction of sp³-hybridized carbons (Fsp3) is 0.812. The molecule has 0 saturated heterocycles. The number of nitrogens with one attached hydrogen (secondary N) is 1. The van der Waals surface area contributed by atoms with E-state index in [0.29, 0.717) is 12.5 Å². The first-order valence-corrected chi connectivity index (χ1v) is 8.59. The summed E-state index contributed by atoms with van der Waals surface area (Å²) in [5.41, 5.74) is 0. The molecule has 2 N–H and O–H groups in total. The van der Waals surface area contributed by atoms with Crippen LogP contribution in [0.5, 0.6) is 0 Å². The molecule has 1 aromatic rings. The number of nitrogens with zero attached hydrogens (tertiary/aromatic N) is 4. The van der Waals surface area contributed by atoms with Gasteiger partial charge in [-0.05, 0) is 31.1 Å². The molecule has 0 radical (unpaired) electrons. The number of likely N-dealkylation sites (N-methyl/N-ethyl adjacent to an activating group) is 1. The van der Waals surface area contributed by atoms with Crippen molar-refractivity contribution in [1.29, 1.82) is 0 Å². The molecule has 2 atom stereocenters. The number of hydrogen-bond donors (Lipinski definition) is 2. The summed E-state index contributed by atoms with van der Waals surface area (Å²) in [4.78, 5) is 14.0. The second kappa shape index (κ2) is 6.47. The number of urea groups is 1. The number of aryl methyl sites for hydroxylation is 1. The van der Waals surface area contributed by atoms with Crippen LogP contribution in [-0.4, -0.2) is 50.5 Å². The number of aliphatic hydroxyl groups excluding tert-OH is 1. The highest BCUT2D eigenvalue weighted by Gasteiger charge is 2.32. The van der Waals surface area contributed by atoms with E-state index in [2.05, 4.69) is 33.9 Å². The molecule has 0 unspecified atom stereocenters. The maximum absolute atomic E-state index is 12.5. The fourth-order valence-corrected chi connectivity index (χ4v) is 3.17. The van der Waals surface area contributed by atoms with E-state index in [1.165, 1.54) is 0 Å². The third-order valence-electron chi connectivity index (χ3n) is 4.84. The van der Waals surface area contributed by atoms with Crippen LogP contribution in [0.4, 0.5) is 4.79 Å². The number of carbonyl (C=O) groups is 1. The molecule has 0 spiro atoms. The quantitative estimate of drug-likeness (QED) is 0.828. The van der Waals surface area contributed by atoms with Gasteiger partial charge < -0.3 is 19.9 Å². The molecule has 1 aliphatic carbocycles. The van der Waals surface area contributed by atoms with Gasteiger partial charge in [0, 0.05) is 26.6 Å². The zero-order valence-corrected chi connectivity index (χ0v) is 14.2. The summed E-state index contributed by atoms with van der Waals surface area (Å²) in [6.45, 7) is 5.44. The van der Waals surface area contributed by atoms with Crippen molar-refractivity contribution in [2.45, 2.75) is 58.2 Å². The highest BCUT2D eigenvalue weighted by molar-refractivity contribution is 5.74. The normalized spacial score (nSPS) is 19.5. The SMILES string of the molecule is CC(C)[C@H](NC(=O)N(C)C[C@@H](O)C1CC1)c1nnc2n1CCC2. The fourth-order valence-electron chi connectivity index (χ4n) is 3.17. The molecule has 2 amide bonds. The first-order chi connectivity index (χ1) is 11.0. The zero-order chi connectivity index (χ0) is 16.6. The molecule has 1 aliphatic heterocycles. The number of amides is 2. The molecule has 7 nitrogen and oxygen atoms in total. The van der Waals surface area contributed by atoms with E-state index in [-0.39, 0.29) is 18.0 Å². The Hall–Kier alpha value is -1.63. The van der Waals surface area contributed by atoms with E-state index in [4.69, 9.17) is 0 Å². The number of rotatable bonds is 6. The van der Waals surface area contributed by atoms with Crippen LogP contribution in [0.15, 0.2) is 0 Å². The van der Waals surface area contributed by atoms with Crippen LogP contribution in [0.1, 0.15) is 50.8 Å². The first kappa shape index (κ1) is 16.2. The summed E-state index contributed by atoms with van der Waals surface area (Å²) in [6.07, 6.45) is 3.76. The highest BCUT2D eigenvalue weighted by Crippen LogP contribution is 2.32. The summed E-state index contributed by atoms with van der Waals surface area (Å²) in [7, 11) is 1.73. The van der Waals surface area contributed by atoms with Crippen molar-refractivity contribution in [2.75, 3.05) is 13.6 Å². The second-order valence-electron chi connectivity index (χ2n) is 7.19. The van der Waals surface area contributed by atoms with Crippen molar-refractivity contribution in [3.8, 4) is 0 Å². The van der Waals surface area contributed by atoms with Crippen LogP contribution in [0, 0.1) is 11.8 Å². The lowest BCUT2D eigenvalue weighted by molar-refractivity contribution is 0.111. The monoisotopic (exact) mass is 321 g/mol. The van der Waals surface area contributed by atoms with Gasteiger partial charge in [0.05, 0.1) is 12.1 Å². The largest absolute Gasteiger partial charge is 0.391 e. The molecule has 7 heteroatoms. The van der Waals surface area contributed by atoms with Crippen molar-refractivity contribution in [3.63, 3.8) is 0 Å². The van der Waals surface area contributed by atoms with Crippen molar-refractivity contribution < 1.29 is 9.90 Å². The van der Waals surface area contributed by atoms with Gasteiger partial charge in [0.2, 0.25) is 0 Å². The molecule has 1 fully saturated rings. The molecule has 2 aliphatic rings. The minimum absolute atomic E-state index is 0.164. The number of fused-ring (bicyclic) bond motifs is 1. The number of aliphatic hydroxyl groups is 1. The van der Waals surface area contributed by atoms with Gasteiger partial charge in [-0.2, -0.15) is 0 Å². The van der Waals surface area contributed by atoms with E-state index >= 15 is 0 Å². The van der Waals surface area contributed by atoms with Crippen LogP contribution in [-0.2, 0) is 13.0 Å². The molecule has 2 heterocycles. The molecular formula is C16H27N5O2. The van der Waals surface area contributed by atoms with E-state index < -0.39 is 6.10 Å². The average Bonchev–Trinajstić information content (AvgIpc) is 3.13. The Morgan fingerprint density at radius 1 is 1.43 bits per heavy atom. The van der Waals surface area contributed by atoms with E-state index in [9.17, 15) is 9.90 Å². The standard InChI is InChI=1S/C16H27N5O2/c1-10(2)14(15-19-18-13-5-4-8-21(13)15)17-16(23)20(3)9-12(22)11-6-7-11/h10-12,14,22H,4-9H2,1-3H3,(H,17,23)/t12-,14+/m1/s1. The van der Waals surface area contributed by atoms with Crippen molar-refractivity contribution in [3.05, 3.63) is 11.6 Å². The van der Waals surface area contributed by atoms with Crippen LogP contribution in [0.2, 0.25) is 0 Å². The van der Waals surface area contributed by atoms with Gasteiger partial charge >= 0.3 is 6.03 Å². The lowest BCUT2D eigenvalue weighted by Crippen LogP contribution is -2.44. The first-order valence-electron chi connectivity index (χ1n) is 8.59. The molecular weight excluding hydrogens is 294 g/mol. The van der Waals surface area contributed by atoms with Crippen molar-refractivity contribution in [1.82, 2.24) is 25.0 Å². The molecule has 0 bridgehead atoms. The van der Waals surface area contributed by atoms with Gasteiger partial charge in [-0.3, -0.25) is 0 Å². The van der Waals surface area contributed by atoms with Gasteiger partial charge in [-0.25, -0.2) is 4.79 Å². The molecule has 1 saturated carbocycles. The molecule has 3 rings (SSSR count). The molecule has 128 valence electrons. The Balaban J connectivity index is 1.65. The lowest BCUT2D eigenvalue weighted by atomic mass is 10.0. The van der Waals surface area contributed by atoms with E-state index in [0.717, 1.165) is 43.9 Å².